The van der Waals surface area contributed by atoms with Crippen LogP contribution < -0.4 is 15.0 Å². The SMILES string of the molecule is Cc1cccc(C(C)C)c1NC(=O)CN1C(=O)C(C)Oc2ccc([N+](=O)[O-])nc21. The summed E-state index contributed by atoms with van der Waals surface area (Å²) in [6.07, 6.45) is -0.830. The van der Waals surface area contributed by atoms with Crippen molar-refractivity contribution in [3.05, 3.63) is 51.6 Å². The van der Waals surface area contributed by atoms with Gasteiger partial charge in [-0.3, -0.25) is 14.5 Å². The number of fused-ring (bicyclic) bond motifs is 1. The van der Waals surface area contributed by atoms with Crippen LogP contribution >= 0.6 is 0 Å². The van der Waals surface area contributed by atoms with Gasteiger partial charge in [-0.1, -0.05) is 32.0 Å². The number of ether oxygens (including phenoxy) is 1. The van der Waals surface area contributed by atoms with E-state index >= 15 is 0 Å². The van der Waals surface area contributed by atoms with Crippen LogP contribution in [0.1, 0.15) is 37.8 Å². The normalized spacial score (nSPS) is 15.7. The molecule has 152 valence electrons. The summed E-state index contributed by atoms with van der Waals surface area (Å²) in [5.74, 6) is -0.973. The van der Waals surface area contributed by atoms with Crippen LogP contribution in [-0.2, 0) is 9.59 Å². The van der Waals surface area contributed by atoms with E-state index in [9.17, 15) is 19.7 Å². The van der Waals surface area contributed by atoms with Crippen LogP contribution in [-0.4, -0.2) is 34.4 Å². The molecule has 0 saturated carbocycles. The zero-order chi connectivity index (χ0) is 21.3. The summed E-state index contributed by atoms with van der Waals surface area (Å²) >= 11 is 0. The Balaban J connectivity index is 1.90. The Kier molecular flexibility index (Phi) is 5.49. The number of hydrogen-bond acceptors (Lipinski definition) is 6. The Labute approximate surface area is 167 Å². The first-order chi connectivity index (χ1) is 13.7. The number of nitrogens with one attached hydrogen (secondary N) is 1. The van der Waals surface area contributed by atoms with Crippen molar-refractivity contribution in [1.82, 2.24) is 4.98 Å². The first kappa shape index (κ1) is 20.2. The van der Waals surface area contributed by atoms with Crippen molar-refractivity contribution < 1.29 is 19.2 Å². The summed E-state index contributed by atoms with van der Waals surface area (Å²) in [7, 11) is 0. The lowest BCUT2D eigenvalue weighted by molar-refractivity contribution is -0.389. The van der Waals surface area contributed by atoms with E-state index in [1.807, 2.05) is 39.0 Å². The van der Waals surface area contributed by atoms with Gasteiger partial charge in [-0.05, 0) is 46.9 Å². The number of amides is 2. The van der Waals surface area contributed by atoms with E-state index in [0.717, 1.165) is 16.0 Å². The Morgan fingerprint density at radius 1 is 1.34 bits per heavy atom. The van der Waals surface area contributed by atoms with Gasteiger partial charge in [0.2, 0.25) is 5.91 Å². The molecule has 0 aliphatic carbocycles. The van der Waals surface area contributed by atoms with Crippen LogP contribution in [0.15, 0.2) is 30.3 Å². The molecule has 0 saturated heterocycles. The first-order valence-electron chi connectivity index (χ1n) is 9.22. The zero-order valence-electron chi connectivity index (χ0n) is 16.6. The Bertz CT molecular complexity index is 989. The van der Waals surface area contributed by atoms with Crippen molar-refractivity contribution in [1.29, 1.82) is 0 Å². The Hall–Kier alpha value is -3.49. The predicted octanol–water partition coefficient (Wildman–Crippen LogP) is 3.17. The number of benzene rings is 1. The highest BCUT2D eigenvalue weighted by atomic mass is 16.6. The Morgan fingerprint density at radius 2 is 2.07 bits per heavy atom. The lowest BCUT2D eigenvalue weighted by atomic mass is 9.98. The van der Waals surface area contributed by atoms with Crippen molar-refractivity contribution >= 4 is 29.1 Å². The molecular weight excluding hydrogens is 376 g/mol. The summed E-state index contributed by atoms with van der Waals surface area (Å²) in [6.45, 7) is 7.16. The number of pyridine rings is 1. The van der Waals surface area contributed by atoms with Gasteiger partial charge in [0, 0.05) is 11.8 Å². The average molecular weight is 398 g/mol. The molecule has 0 fully saturated rings. The average Bonchev–Trinajstić information content (AvgIpc) is 2.66. The first-order valence-corrected chi connectivity index (χ1v) is 9.22. The van der Waals surface area contributed by atoms with Crippen molar-refractivity contribution in [3.8, 4) is 5.75 Å². The fraction of sp³-hybridized carbons (Fsp3) is 0.350. The lowest BCUT2D eigenvalue weighted by Crippen LogP contribution is -2.48. The van der Waals surface area contributed by atoms with Crippen LogP contribution in [0.4, 0.5) is 17.3 Å². The van der Waals surface area contributed by atoms with E-state index in [0.29, 0.717) is 5.69 Å². The largest absolute Gasteiger partial charge is 0.475 e. The number of nitro groups is 1. The van der Waals surface area contributed by atoms with Crippen molar-refractivity contribution in [2.45, 2.75) is 39.7 Å². The molecule has 1 aromatic heterocycles. The van der Waals surface area contributed by atoms with Crippen molar-refractivity contribution in [3.63, 3.8) is 0 Å². The Morgan fingerprint density at radius 3 is 2.72 bits per heavy atom. The van der Waals surface area contributed by atoms with E-state index in [1.54, 1.807) is 6.92 Å². The molecule has 0 bridgehead atoms. The quantitative estimate of drug-likeness (QED) is 0.611. The minimum absolute atomic E-state index is 0.0358. The van der Waals surface area contributed by atoms with Crippen molar-refractivity contribution in [2.24, 2.45) is 0 Å². The number of nitrogens with zero attached hydrogens (tertiary/aromatic N) is 3. The molecule has 2 heterocycles. The van der Waals surface area contributed by atoms with Crippen LogP contribution in [0.3, 0.4) is 0 Å². The number of hydrogen-bond donors (Lipinski definition) is 1. The molecule has 1 unspecified atom stereocenters. The summed E-state index contributed by atoms with van der Waals surface area (Å²) in [5.41, 5.74) is 2.59. The van der Waals surface area contributed by atoms with Gasteiger partial charge in [0.15, 0.2) is 11.9 Å². The molecular formula is C20H22N4O5. The number of aromatic nitrogens is 1. The maximum absolute atomic E-state index is 12.8. The number of aryl methyl sites for hydroxylation is 1. The molecule has 2 aromatic rings. The molecule has 3 rings (SSSR count). The molecule has 2 amide bonds. The molecule has 1 N–H and O–H groups in total. The van der Waals surface area contributed by atoms with Gasteiger partial charge in [-0.15, -0.1) is 0 Å². The fourth-order valence-electron chi connectivity index (χ4n) is 3.20. The van der Waals surface area contributed by atoms with Gasteiger partial charge in [0.05, 0.1) is 0 Å². The summed E-state index contributed by atoms with van der Waals surface area (Å²) in [6, 6.07) is 8.33. The smallest absolute Gasteiger partial charge is 0.366 e. The van der Waals surface area contributed by atoms with E-state index in [-0.39, 0.29) is 24.0 Å². The second-order valence-electron chi connectivity index (χ2n) is 7.17. The van der Waals surface area contributed by atoms with E-state index in [1.165, 1.54) is 12.1 Å². The monoisotopic (exact) mass is 398 g/mol. The van der Waals surface area contributed by atoms with E-state index in [2.05, 4.69) is 10.3 Å². The third-order valence-electron chi connectivity index (χ3n) is 4.68. The van der Waals surface area contributed by atoms with Crippen LogP contribution in [0, 0.1) is 17.0 Å². The molecule has 1 aliphatic rings. The number of carbonyl (C=O) groups excluding carboxylic acids is 2. The zero-order valence-corrected chi connectivity index (χ0v) is 16.6. The number of rotatable bonds is 5. The minimum Gasteiger partial charge on any atom is -0.475 e. The highest BCUT2D eigenvalue weighted by Crippen LogP contribution is 2.34. The summed E-state index contributed by atoms with van der Waals surface area (Å²) < 4.78 is 5.47. The predicted molar refractivity (Wildman–Crippen MR) is 107 cm³/mol. The standard InChI is InChI=1S/C20H22N4O5/c1-11(2)14-7-5-6-12(3)18(14)22-17(25)10-23-19-15(29-13(4)20(23)26)8-9-16(21-19)24(27)28/h5-9,11,13H,10H2,1-4H3,(H,22,25). The molecule has 0 radical (unpaired) electrons. The highest BCUT2D eigenvalue weighted by molar-refractivity contribution is 6.05. The maximum Gasteiger partial charge on any atom is 0.366 e. The van der Waals surface area contributed by atoms with Gasteiger partial charge in [0.25, 0.3) is 11.7 Å². The van der Waals surface area contributed by atoms with Crippen molar-refractivity contribution in [2.75, 3.05) is 16.8 Å². The maximum atomic E-state index is 12.8. The van der Waals surface area contributed by atoms with Crippen LogP contribution in [0.5, 0.6) is 5.75 Å². The number of para-hydroxylation sites is 1. The molecule has 9 heteroatoms. The van der Waals surface area contributed by atoms with Crippen LogP contribution in [0.25, 0.3) is 0 Å². The molecule has 1 aliphatic heterocycles. The second kappa shape index (κ2) is 7.86. The van der Waals surface area contributed by atoms with Gasteiger partial charge in [0.1, 0.15) is 6.54 Å². The molecule has 29 heavy (non-hydrogen) atoms. The van der Waals surface area contributed by atoms with Gasteiger partial charge < -0.3 is 20.2 Å². The minimum atomic E-state index is -0.830. The number of anilines is 2. The third-order valence-corrected chi connectivity index (χ3v) is 4.68. The topological polar surface area (TPSA) is 115 Å². The molecule has 9 nitrogen and oxygen atoms in total. The summed E-state index contributed by atoms with van der Waals surface area (Å²) in [5, 5.41) is 13.9. The molecule has 1 atom stereocenters. The van der Waals surface area contributed by atoms with E-state index in [4.69, 9.17) is 4.74 Å². The molecule has 0 spiro atoms. The number of carbonyl (C=O) groups is 2. The lowest BCUT2D eigenvalue weighted by Gasteiger charge is -2.29. The summed E-state index contributed by atoms with van der Waals surface area (Å²) in [4.78, 5) is 40.8. The van der Waals surface area contributed by atoms with Crippen LogP contribution in [0.2, 0.25) is 0 Å². The fourth-order valence-corrected chi connectivity index (χ4v) is 3.20. The van der Waals surface area contributed by atoms with Gasteiger partial charge >= 0.3 is 5.82 Å². The second-order valence-corrected chi connectivity index (χ2v) is 7.17. The van der Waals surface area contributed by atoms with Gasteiger partial charge in [-0.25, -0.2) is 0 Å². The van der Waals surface area contributed by atoms with E-state index < -0.39 is 28.7 Å². The third kappa shape index (κ3) is 4.03. The molecule has 1 aromatic carbocycles. The van der Waals surface area contributed by atoms with Gasteiger partial charge in [-0.2, -0.15) is 0 Å². The highest BCUT2D eigenvalue weighted by Gasteiger charge is 2.38.